The fourth-order valence-corrected chi connectivity index (χ4v) is 3.58. The maximum atomic E-state index is 13.9. The molecule has 2 aromatic carbocycles. The molecule has 2 atom stereocenters. The molecule has 126 valence electrons. The van der Waals surface area contributed by atoms with Crippen LogP contribution in [-0.2, 0) is 17.8 Å². The van der Waals surface area contributed by atoms with Gasteiger partial charge in [-0.05, 0) is 37.1 Å². The van der Waals surface area contributed by atoms with E-state index in [0.717, 1.165) is 17.0 Å². The lowest BCUT2D eigenvalue weighted by atomic mass is 10.1. The van der Waals surface area contributed by atoms with Crippen LogP contribution in [0.5, 0.6) is 0 Å². The fraction of sp³-hybridized carbons (Fsp3) is 0.316. The predicted molar refractivity (Wildman–Crippen MR) is 94.0 cm³/mol. The molecule has 1 aliphatic heterocycles. The first-order valence-corrected chi connectivity index (χ1v) is 8.49. The number of fused-ring (bicyclic) bond motifs is 1. The van der Waals surface area contributed by atoms with Gasteiger partial charge in [-0.25, -0.2) is 4.39 Å². The SMILES string of the molecule is C[C@@H]1Cc2ccccc2N1C(=O)C[NH+](C)Cc1c(F)cccc1Cl. The number of rotatable bonds is 4. The second kappa shape index (κ2) is 6.91. The number of carbonyl (C=O) groups is 1. The van der Waals surface area contributed by atoms with Gasteiger partial charge in [-0.15, -0.1) is 0 Å². The Labute approximate surface area is 146 Å². The third-order valence-corrected chi connectivity index (χ3v) is 4.82. The van der Waals surface area contributed by atoms with Gasteiger partial charge in [-0.1, -0.05) is 35.9 Å². The minimum atomic E-state index is -0.325. The smallest absolute Gasteiger partial charge is 0.282 e. The van der Waals surface area contributed by atoms with Gasteiger partial charge in [0.1, 0.15) is 12.4 Å². The van der Waals surface area contributed by atoms with Crippen molar-refractivity contribution in [2.75, 3.05) is 18.5 Å². The molecule has 3 rings (SSSR count). The van der Waals surface area contributed by atoms with E-state index >= 15 is 0 Å². The zero-order chi connectivity index (χ0) is 17.3. The van der Waals surface area contributed by atoms with Crippen LogP contribution in [0.1, 0.15) is 18.1 Å². The van der Waals surface area contributed by atoms with Gasteiger partial charge >= 0.3 is 0 Å². The van der Waals surface area contributed by atoms with Crippen molar-refractivity contribution < 1.29 is 14.1 Å². The van der Waals surface area contributed by atoms with Crippen LogP contribution < -0.4 is 9.80 Å². The van der Waals surface area contributed by atoms with E-state index in [4.69, 9.17) is 11.6 Å². The van der Waals surface area contributed by atoms with Crippen LogP contribution in [0.25, 0.3) is 0 Å². The maximum absolute atomic E-state index is 13.9. The highest BCUT2D eigenvalue weighted by atomic mass is 35.5. The van der Waals surface area contributed by atoms with E-state index in [1.807, 2.05) is 30.1 Å². The van der Waals surface area contributed by atoms with E-state index in [1.54, 1.807) is 12.1 Å². The van der Waals surface area contributed by atoms with Crippen molar-refractivity contribution >= 4 is 23.2 Å². The van der Waals surface area contributed by atoms with Crippen molar-refractivity contribution in [3.8, 4) is 0 Å². The predicted octanol–water partition coefficient (Wildman–Crippen LogP) is 2.47. The molecule has 0 aliphatic carbocycles. The molecule has 3 nitrogen and oxygen atoms in total. The zero-order valence-electron chi connectivity index (χ0n) is 13.9. The average Bonchev–Trinajstić information content (AvgIpc) is 2.86. The van der Waals surface area contributed by atoms with Crippen LogP contribution in [0.15, 0.2) is 42.5 Å². The fourth-order valence-electron chi connectivity index (χ4n) is 3.35. The molecule has 1 amide bonds. The Morgan fingerprint density at radius 3 is 2.79 bits per heavy atom. The molecule has 0 saturated heterocycles. The number of nitrogens with one attached hydrogen (secondary N) is 1. The summed E-state index contributed by atoms with van der Waals surface area (Å²) in [6.45, 7) is 2.73. The first kappa shape index (κ1) is 16.9. The first-order valence-electron chi connectivity index (χ1n) is 8.11. The quantitative estimate of drug-likeness (QED) is 0.903. The van der Waals surface area contributed by atoms with Crippen molar-refractivity contribution in [1.29, 1.82) is 0 Å². The second-order valence-electron chi connectivity index (χ2n) is 6.46. The Hall–Kier alpha value is -1.91. The molecule has 0 bridgehead atoms. The Kier molecular flexibility index (Phi) is 4.88. The summed E-state index contributed by atoms with van der Waals surface area (Å²) in [7, 11) is 1.88. The number of hydrogen-bond acceptors (Lipinski definition) is 1. The molecule has 1 N–H and O–H groups in total. The number of para-hydroxylation sites is 1. The van der Waals surface area contributed by atoms with Gasteiger partial charge < -0.3 is 9.80 Å². The molecular weight excluding hydrogens is 327 g/mol. The minimum Gasteiger partial charge on any atom is -0.326 e. The van der Waals surface area contributed by atoms with E-state index in [0.29, 0.717) is 23.7 Å². The third kappa shape index (κ3) is 3.30. The minimum absolute atomic E-state index is 0.0532. The summed E-state index contributed by atoms with van der Waals surface area (Å²) in [5.74, 6) is -0.272. The summed E-state index contributed by atoms with van der Waals surface area (Å²) >= 11 is 6.08. The van der Waals surface area contributed by atoms with E-state index in [1.165, 1.54) is 11.6 Å². The highest BCUT2D eigenvalue weighted by Gasteiger charge is 2.32. The third-order valence-electron chi connectivity index (χ3n) is 4.47. The van der Waals surface area contributed by atoms with E-state index in [9.17, 15) is 9.18 Å². The molecule has 5 heteroatoms. The van der Waals surface area contributed by atoms with Crippen LogP contribution in [0, 0.1) is 5.82 Å². The van der Waals surface area contributed by atoms with Crippen molar-refractivity contribution in [3.05, 3.63) is 64.4 Å². The van der Waals surface area contributed by atoms with Crippen molar-refractivity contribution in [2.45, 2.75) is 25.9 Å². The molecule has 2 aromatic rings. The maximum Gasteiger partial charge on any atom is 0.282 e. The number of nitrogens with zero attached hydrogens (tertiary/aromatic N) is 1. The molecule has 1 aliphatic rings. The van der Waals surface area contributed by atoms with Gasteiger partial charge in [-0.3, -0.25) is 4.79 Å². The second-order valence-corrected chi connectivity index (χ2v) is 6.86. The monoisotopic (exact) mass is 347 g/mol. The number of benzene rings is 2. The van der Waals surface area contributed by atoms with Crippen LogP contribution in [0.3, 0.4) is 0 Å². The molecule has 1 unspecified atom stereocenters. The Morgan fingerprint density at radius 1 is 1.29 bits per heavy atom. The summed E-state index contributed by atoms with van der Waals surface area (Å²) in [6, 6.07) is 12.8. The molecule has 24 heavy (non-hydrogen) atoms. The topological polar surface area (TPSA) is 24.8 Å². The molecule has 0 saturated carbocycles. The molecular formula is C19H21ClFN2O+. The van der Waals surface area contributed by atoms with Gasteiger partial charge in [0.15, 0.2) is 6.54 Å². The van der Waals surface area contributed by atoms with Crippen LogP contribution in [-0.4, -0.2) is 25.5 Å². The molecule has 0 radical (unpaired) electrons. The van der Waals surface area contributed by atoms with Crippen LogP contribution in [0.2, 0.25) is 5.02 Å². The van der Waals surface area contributed by atoms with Crippen LogP contribution in [0.4, 0.5) is 10.1 Å². The van der Waals surface area contributed by atoms with E-state index in [-0.39, 0.29) is 17.8 Å². The Bertz CT molecular complexity index is 745. The highest BCUT2D eigenvalue weighted by molar-refractivity contribution is 6.31. The Balaban J connectivity index is 1.71. The summed E-state index contributed by atoms with van der Waals surface area (Å²) < 4.78 is 13.9. The number of hydrogen-bond donors (Lipinski definition) is 1. The molecule has 0 aromatic heterocycles. The summed E-state index contributed by atoms with van der Waals surface area (Å²) in [5.41, 5.74) is 2.65. The number of anilines is 1. The summed E-state index contributed by atoms with van der Waals surface area (Å²) in [6.07, 6.45) is 0.875. The van der Waals surface area contributed by atoms with Gasteiger partial charge in [-0.2, -0.15) is 0 Å². The average molecular weight is 348 g/mol. The molecule has 0 spiro atoms. The normalized spacial score (nSPS) is 17.7. The van der Waals surface area contributed by atoms with Gasteiger partial charge in [0, 0.05) is 11.7 Å². The number of quaternary nitrogens is 1. The number of amides is 1. The standard InChI is InChI=1S/C19H20ClFN2O/c1-13-10-14-6-3-4-9-18(14)23(13)19(24)12-22(2)11-15-16(20)7-5-8-17(15)21/h3-9,13H,10-12H2,1-2H3/p+1/t13-/m1/s1. The summed E-state index contributed by atoms with van der Waals surface area (Å²) in [5, 5.41) is 0.404. The van der Waals surface area contributed by atoms with Crippen molar-refractivity contribution in [3.63, 3.8) is 0 Å². The van der Waals surface area contributed by atoms with Crippen molar-refractivity contribution in [1.82, 2.24) is 0 Å². The van der Waals surface area contributed by atoms with Gasteiger partial charge in [0.25, 0.3) is 5.91 Å². The van der Waals surface area contributed by atoms with Gasteiger partial charge in [0.2, 0.25) is 0 Å². The Morgan fingerprint density at radius 2 is 2.04 bits per heavy atom. The highest BCUT2D eigenvalue weighted by Crippen LogP contribution is 2.31. The van der Waals surface area contributed by atoms with Gasteiger partial charge in [0.05, 0.1) is 17.6 Å². The van der Waals surface area contributed by atoms with E-state index < -0.39 is 0 Å². The number of likely N-dealkylation sites (N-methyl/N-ethyl adjacent to an activating group) is 1. The molecule has 0 fully saturated rings. The molecule has 1 heterocycles. The lowest BCUT2D eigenvalue weighted by molar-refractivity contribution is -0.885. The first-order chi connectivity index (χ1) is 11.5. The largest absolute Gasteiger partial charge is 0.326 e. The van der Waals surface area contributed by atoms with Crippen LogP contribution >= 0.6 is 11.6 Å². The lowest BCUT2D eigenvalue weighted by Crippen LogP contribution is -3.09. The lowest BCUT2D eigenvalue weighted by Gasteiger charge is -2.24. The van der Waals surface area contributed by atoms with E-state index in [2.05, 4.69) is 13.0 Å². The van der Waals surface area contributed by atoms with Crippen molar-refractivity contribution in [2.24, 2.45) is 0 Å². The number of carbonyl (C=O) groups excluding carboxylic acids is 1. The zero-order valence-corrected chi connectivity index (χ0v) is 14.6. The number of halogens is 2. The summed E-state index contributed by atoms with van der Waals surface area (Å²) in [4.78, 5) is 15.5.